The van der Waals surface area contributed by atoms with Crippen LogP contribution in [0.1, 0.15) is 58.9 Å². The van der Waals surface area contributed by atoms with Gasteiger partial charge in [0.05, 0.1) is 11.5 Å². The predicted octanol–water partition coefficient (Wildman–Crippen LogP) is 11.4. The number of hydrogen-bond acceptors (Lipinski definition) is 4. The fraction of sp³-hybridized carbons (Fsp3) is 0.268. The van der Waals surface area contributed by atoms with E-state index in [9.17, 15) is 9.90 Å². The van der Waals surface area contributed by atoms with Gasteiger partial charge < -0.3 is 9.84 Å². The number of aliphatic hydroxyl groups is 1. The van der Waals surface area contributed by atoms with Crippen molar-refractivity contribution in [1.29, 1.82) is 0 Å². The van der Waals surface area contributed by atoms with Crippen molar-refractivity contribution in [3.05, 3.63) is 102 Å². The van der Waals surface area contributed by atoms with Crippen LogP contribution in [0.4, 0.5) is 0 Å². The van der Waals surface area contributed by atoms with Crippen molar-refractivity contribution in [2.45, 2.75) is 60.3 Å². The number of aliphatic hydroxyl groups excluding tert-OH is 1. The van der Waals surface area contributed by atoms with E-state index in [1.54, 1.807) is 0 Å². The van der Waals surface area contributed by atoms with Crippen molar-refractivity contribution in [2.75, 3.05) is 0 Å². The number of fused-ring (bicyclic) bond motifs is 7. The number of pyridine rings is 1. The molecule has 2 heterocycles. The van der Waals surface area contributed by atoms with Crippen LogP contribution in [0.5, 0.6) is 11.5 Å². The summed E-state index contributed by atoms with van der Waals surface area (Å²) in [5.41, 5.74) is 3.14. The van der Waals surface area contributed by atoms with Crippen LogP contribution in [0.2, 0.25) is 0 Å². The summed E-state index contributed by atoms with van der Waals surface area (Å²) >= 11 is 0. The Labute approximate surface area is 284 Å². The van der Waals surface area contributed by atoms with Crippen molar-refractivity contribution in [3.63, 3.8) is 0 Å². The molecule has 4 nitrogen and oxygen atoms in total. The maximum atomic E-state index is 11.7. The molecular weight excluding hydrogens is 747 g/mol. The molecular formula is C41H40IrNO3-. The molecule has 0 saturated carbocycles. The van der Waals surface area contributed by atoms with E-state index in [-0.39, 0.29) is 43.5 Å². The number of carbonyl (C=O) groups excluding carboxylic acids is 1. The minimum absolute atomic E-state index is 0. The molecule has 46 heavy (non-hydrogen) atoms. The van der Waals surface area contributed by atoms with E-state index in [4.69, 9.17) is 9.72 Å². The van der Waals surface area contributed by atoms with Gasteiger partial charge in [0.25, 0.3) is 0 Å². The van der Waals surface area contributed by atoms with E-state index >= 15 is 0 Å². The molecule has 0 bridgehead atoms. The van der Waals surface area contributed by atoms with Crippen LogP contribution in [-0.2, 0) is 24.9 Å². The molecule has 0 amide bonds. The Morgan fingerprint density at radius 3 is 2.26 bits per heavy atom. The minimum Gasteiger partial charge on any atom is -0.512 e. The van der Waals surface area contributed by atoms with E-state index in [0.29, 0.717) is 0 Å². The zero-order valence-electron chi connectivity index (χ0n) is 27.1. The number of carbonyl (C=O) groups is 1. The van der Waals surface area contributed by atoms with E-state index in [1.807, 2.05) is 46.0 Å². The third kappa shape index (κ3) is 6.19. The standard InChI is InChI=1S/C28H16NO.C13H24O2.Ir/c1-16-6-8-20-19(12-16)7-9-21-22-10-11-29-28-24-13-17-4-2-3-5-18(17)14-25(24)30-26(27(22)28)15-23(20)21;1-5-10(6-2)12(14)9-13(15)11(7-3)8-4;/h2-12,14-15H,1H3;9-11,14H,5-8H2,1-4H3;/q-1;;/b;12-9-;. The number of ether oxygens (including phenoxy) is 1. The first kappa shape index (κ1) is 33.3. The average molecular weight is 787 g/mol. The molecule has 6 aromatic rings. The summed E-state index contributed by atoms with van der Waals surface area (Å²) in [4.78, 5) is 16.5. The third-order valence-corrected chi connectivity index (χ3v) is 9.27. The van der Waals surface area contributed by atoms with Crippen molar-refractivity contribution >= 4 is 48.9 Å². The van der Waals surface area contributed by atoms with Gasteiger partial charge in [-0.1, -0.05) is 98.8 Å². The molecule has 0 aliphatic carbocycles. The van der Waals surface area contributed by atoms with Crippen LogP contribution in [-0.4, -0.2) is 15.9 Å². The van der Waals surface area contributed by atoms with E-state index in [2.05, 4.69) is 73.7 Å². The normalized spacial score (nSPS) is 12.2. The van der Waals surface area contributed by atoms with Crippen LogP contribution in [0.3, 0.4) is 0 Å². The number of aryl methyl sites for hydroxylation is 1. The summed E-state index contributed by atoms with van der Waals surface area (Å²) in [5.74, 6) is 2.23. The van der Waals surface area contributed by atoms with Gasteiger partial charge in [0.15, 0.2) is 5.78 Å². The molecule has 5 aromatic carbocycles. The van der Waals surface area contributed by atoms with E-state index < -0.39 is 0 Å². The second-order valence-corrected chi connectivity index (χ2v) is 12.0. The number of ketones is 1. The summed E-state index contributed by atoms with van der Waals surface area (Å²) in [7, 11) is 0. The van der Waals surface area contributed by atoms with Crippen LogP contribution in [0.25, 0.3) is 54.3 Å². The maximum Gasteiger partial charge on any atom is 0.162 e. The molecule has 1 N–H and O–H groups in total. The summed E-state index contributed by atoms with van der Waals surface area (Å²) in [6.45, 7) is 10.2. The fourth-order valence-electron chi connectivity index (χ4n) is 6.57. The quantitative estimate of drug-likeness (QED) is 0.0757. The average Bonchev–Trinajstić information content (AvgIpc) is 3.05. The van der Waals surface area contributed by atoms with Gasteiger partial charge in [0.1, 0.15) is 5.75 Å². The Morgan fingerprint density at radius 2 is 1.52 bits per heavy atom. The number of nitrogens with zero attached hydrogens (tertiary/aromatic N) is 1. The first-order valence-corrected chi connectivity index (χ1v) is 16.2. The molecule has 0 atom stereocenters. The van der Waals surface area contributed by atoms with Gasteiger partial charge in [-0.2, -0.15) is 0 Å². The summed E-state index contributed by atoms with van der Waals surface area (Å²) in [6, 6.07) is 29.2. The Bertz CT molecular complexity index is 2090. The van der Waals surface area contributed by atoms with Crippen molar-refractivity contribution in [1.82, 2.24) is 4.98 Å². The molecule has 1 aliphatic heterocycles. The first-order valence-electron chi connectivity index (χ1n) is 16.2. The van der Waals surface area contributed by atoms with Gasteiger partial charge >= 0.3 is 0 Å². The van der Waals surface area contributed by atoms with E-state index in [0.717, 1.165) is 64.6 Å². The zero-order chi connectivity index (χ0) is 31.7. The molecule has 0 fully saturated rings. The van der Waals surface area contributed by atoms with Crippen molar-refractivity contribution in [2.24, 2.45) is 11.8 Å². The van der Waals surface area contributed by atoms with Crippen LogP contribution in [0, 0.1) is 24.8 Å². The van der Waals surface area contributed by atoms with Gasteiger partial charge in [0, 0.05) is 55.3 Å². The van der Waals surface area contributed by atoms with Gasteiger partial charge in [-0.05, 0) is 71.7 Å². The minimum atomic E-state index is 0. The fourth-order valence-corrected chi connectivity index (χ4v) is 6.57. The molecule has 1 aromatic heterocycles. The topological polar surface area (TPSA) is 59.4 Å². The summed E-state index contributed by atoms with van der Waals surface area (Å²) in [6.07, 6.45) is 6.81. The van der Waals surface area contributed by atoms with Gasteiger partial charge in [-0.3, -0.25) is 9.78 Å². The number of benzene rings is 5. The Balaban J connectivity index is 0.000000225. The molecule has 0 spiro atoms. The molecule has 237 valence electrons. The van der Waals surface area contributed by atoms with Crippen LogP contribution >= 0.6 is 0 Å². The van der Waals surface area contributed by atoms with Crippen molar-refractivity contribution < 1.29 is 34.7 Å². The monoisotopic (exact) mass is 787 g/mol. The molecule has 7 rings (SSSR count). The SMILES string of the molecule is CCC(CC)C(=O)/C=C(\O)C(CC)CC.Cc1ccc2c(ccc3c4ccnc5c4c(cc23)Oc2cc3ccccc3[c-]c2-5)c1.[Ir]. The second kappa shape index (κ2) is 14.2. The Hall–Kier alpha value is -4.05. The van der Waals surface area contributed by atoms with Gasteiger partial charge in [-0.15, -0.1) is 17.5 Å². The molecule has 0 saturated heterocycles. The smallest absolute Gasteiger partial charge is 0.162 e. The largest absolute Gasteiger partial charge is 0.512 e. The third-order valence-electron chi connectivity index (χ3n) is 9.27. The molecule has 1 radical (unpaired) electrons. The predicted molar refractivity (Wildman–Crippen MR) is 187 cm³/mol. The molecule has 1 aliphatic rings. The molecule has 5 heteroatoms. The number of aromatic nitrogens is 1. The van der Waals surface area contributed by atoms with Gasteiger partial charge in [0.2, 0.25) is 0 Å². The number of hydrogen-bond donors (Lipinski definition) is 1. The molecule has 0 unspecified atom stereocenters. The second-order valence-electron chi connectivity index (χ2n) is 12.0. The van der Waals surface area contributed by atoms with Crippen molar-refractivity contribution in [3.8, 4) is 22.8 Å². The Morgan fingerprint density at radius 1 is 0.804 bits per heavy atom. The maximum absolute atomic E-state index is 11.7. The summed E-state index contributed by atoms with van der Waals surface area (Å²) in [5, 5.41) is 19.1. The summed E-state index contributed by atoms with van der Waals surface area (Å²) < 4.78 is 6.47. The number of rotatable bonds is 7. The first-order chi connectivity index (χ1) is 21.9. The number of allylic oxidation sites excluding steroid dienone is 2. The van der Waals surface area contributed by atoms with Crippen LogP contribution in [0.15, 0.2) is 90.8 Å². The van der Waals surface area contributed by atoms with Gasteiger partial charge in [-0.25, -0.2) is 0 Å². The van der Waals surface area contributed by atoms with Crippen LogP contribution < -0.4 is 4.74 Å². The van der Waals surface area contributed by atoms with E-state index in [1.165, 1.54) is 38.6 Å². The zero-order valence-corrected chi connectivity index (χ0v) is 29.5. The Kier molecular flexibility index (Phi) is 10.3.